The van der Waals surface area contributed by atoms with Crippen LogP contribution >= 0.6 is 0 Å². The van der Waals surface area contributed by atoms with E-state index < -0.39 is 0 Å². The second-order valence-corrected chi connectivity index (χ2v) is 7.61. The van der Waals surface area contributed by atoms with Gasteiger partial charge in [-0.2, -0.15) is 0 Å². The Morgan fingerprint density at radius 1 is 1.08 bits per heavy atom. The minimum Gasteiger partial charge on any atom is -0.390 e. The Bertz CT molecular complexity index is 467. The molecule has 134 valence electrons. The lowest BCUT2D eigenvalue weighted by molar-refractivity contribution is 0.0436. The van der Waals surface area contributed by atoms with Crippen LogP contribution in [0.4, 0.5) is 0 Å². The molecule has 0 radical (unpaired) electrons. The molecule has 1 unspecified atom stereocenters. The van der Waals surface area contributed by atoms with Crippen molar-refractivity contribution in [3.63, 3.8) is 0 Å². The number of hydrogen-bond donors (Lipinski definition) is 1. The van der Waals surface area contributed by atoms with Crippen LogP contribution in [0.1, 0.15) is 31.2 Å². The molecule has 4 nitrogen and oxygen atoms in total. The monoisotopic (exact) mass is 331 g/mol. The van der Waals surface area contributed by atoms with Crippen molar-refractivity contribution in [3.05, 3.63) is 35.9 Å². The van der Waals surface area contributed by atoms with Gasteiger partial charge in [0.25, 0.3) is 0 Å². The van der Waals surface area contributed by atoms with Crippen LogP contribution in [0.15, 0.2) is 30.3 Å². The first kappa shape index (κ1) is 17.9. The van der Waals surface area contributed by atoms with Crippen LogP contribution in [0.3, 0.4) is 0 Å². The Morgan fingerprint density at radius 2 is 1.75 bits per heavy atom. The number of benzene rings is 1. The van der Waals surface area contributed by atoms with Crippen molar-refractivity contribution in [2.24, 2.45) is 0 Å². The van der Waals surface area contributed by atoms with Gasteiger partial charge in [-0.05, 0) is 25.5 Å². The highest BCUT2D eigenvalue weighted by atomic mass is 16.3. The molecule has 1 heterocycles. The minimum absolute atomic E-state index is 0.267. The Balaban J connectivity index is 1.35. The first-order chi connectivity index (χ1) is 11.7. The molecule has 2 fully saturated rings. The van der Waals surface area contributed by atoms with Crippen molar-refractivity contribution < 1.29 is 5.11 Å². The van der Waals surface area contributed by atoms with Crippen molar-refractivity contribution in [3.8, 4) is 0 Å². The number of nitrogens with zero attached hydrogens (tertiary/aromatic N) is 3. The maximum absolute atomic E-state index is 10.4. The van der Waals surface area contributed by atoms with E-state index in [1.54, 1.807) is 0 Å². The topological polar surface area (TPSA) is 30.0 Å². The quantitative estimate of drug-likeness (QED) is 0.828. The summed E-state index contributed by atoms with van der Waals surface area (Å²) in [5.74, 6) is 0. The normalized spacial score (nSPS) is 22.3. The largest absolute Gasteiger partial charge is 0.390 e. The summed E-state index contributed by atoms with van der Waals surface area (Å²) in [4.78, 5) is 7.33. The molecule has 0 spiro atoms. The fourth-order valence-corrected chi connectivity index (χ4v) is 4.26. The van der Waals surface area contributed by atoms with E-state index in [4.69, 9.17) is 0 Å². The maximum atomic E-state index is 10.4. The third-order valence-corrected chi connectivity index (χ3v) is 5.53. The van der Waals surface area contributed by atoms with E-state index in [0.717, 1.165) is 38.8 Å². The van der Waals surface area contributed by atoms with Crippen LogP contribution in [-0.2, 0) is 6.54 Å². The van der Waals surface area contributed by atoms with Gasteiger partial charge < -0.3 is 5.11 Å². The predicted octanol–water partition coefficient (Wildman–Crippen LogP) is 2.04. The number of piperazine rings is 1. The average Bonchev–Trinajstić information content (AvgIpc) is 3.10. The molecule has 1 aromatic rings. The zero-order valence-corrected chi connectivity index (χ0v) is 15.1. The molecule has 0 amide bonds. The molecule has 1 atom stereocenters. The highest BCUT2D eigenvalue weighted by molar-refractivity contribution is 5.14. The Kier molecular flexibility index (Phi) is 6.67. The van der Waals surface area contributed by atoms with Gasteiger partial charge in [-0.15, -0.1) is 0 Å². The van der Waals surface area contributed by atoms with Crippen molar-refractivity contribution in [1.82, 2.24) is 14.7 Å². The fourth-order valence-electron chi connectivity index (χ4n) is 4.26. The molecule has 1 saturated carbocycles. The average molecular weight is 332 g/mol. The number of rotatable bonds is 7. The van der Waals surface area contributed by atoms with Crippen LogP contribution in [-0.4, -0.2) is 78.3 Å². The molecule has 1 aliphatic heterocycles. The molecule has 24 heavy (non-hydrogen) atoms. The molecule has 1 aromatic carbocycles. The van der Waals surface area contributed by atoms with Gasteiger partial charge in [0.2, 0.25) is 0 Å². The number of hydrogen-bond acceptors (Lipinski definition) is 4. The SMILES string of the molecule is CN(Cc1ccccc1)CC(O)CN1CCN(C2CCCC2)CC1. The third-order valence-electron chi connectivity index (χ3n) is 5.53. The van der Waals surface area contributed by atoms with Crippen LogP contribution in [0.5, 0.6) is 0 Å². The lowest BCUT2D eigenvalue weighted by Crippen LogP contribution is -2.52. The zero-order valence-electron chi connectivity index (χ0n) is 15.1. The van der Waals surface area contributed by atoms with Gasteiger partial charge in [0.15, 0.2) is 0 Å². The summed E-state index contributed by atoms with van der Waals surface area (Å²) in [5, 5.41) is 10.4. The van der Waals surface area contributed by atoms with E-state index in [2.05, 4.69) is 46.0 Å². The summed E-state index contributed by atoms with van der Waals surface area (Å²) in [6, 6.07) is 11.3. The van der Waals surface area contributed by atoms with Crippen LogP contribution < -0.4 is 0 Å². The molecule has 4 heteroatoms. The molecular weight excluding hydrogens is 298 g/mol. The summed E-state index contributed by atoms with van der Waals surface area (Å²) in [7, 11) is 2.09. The minimum atomic E-state index is -0.267. The summed E-state index contributed by atoms with van der Waals surface area (Å²) in [6.45, 7) is 7.00. The Morgan fingerprint density at radius 3 is 2.42 bits per heavy atom. The van der Waals surface area contributed by atoms with Gasteiger partial charge >= 0.3 is 0 Å². The van der Waals surface area contributed by atoms with Crippen LogP contribution in [0.2, 0.25) is 0 Å². The van der Waals surface area contributed by atoms with E-state index in [0.29, 0.717) is 0 Å². The van der Waals surface area contributed by atoms with Gasteiger partial charge in [0.05, 0.1) is 6.10 Å². The van der Waals surface area contributed by atoms with E-state index in [-0.39, 0.29) is 6.10 Å². The summed E-state index contributed by atoms with van der Waals surface area (Å²) in [5.41, 5.74) is 1.30. The predicted molar refractivity (Wildman–Crippen MR) is 99.1 cm³/mol. The van der Waals surface area contributed by atoms with E-state index in [1.165, 1.54) is 44.3 Å². The van der Waals surface area contributed by atoms with Crippen molar-refractivity contribution in [1.29, 1.82) is 0 Å². The molecule has 3 rings (SSSR count). The van der Waals surface area contributed by atoms with E-state index >= 15 is 0 Å². The number of likely N-dealkylation sites (N-methyl/N-ethyl adjacent to an activating group) is 1. The Hall–Kier alpha value is -0.940. The van der Waals surface area contributed by atoms with Crippen molar-refractivity contribution in [2.75, 3.05) is 46.3 Å². The standard InChI is InChI=1S/C20H33N3O/c1-21(15-18-7-3-2-4-8-18)16-20(24)17-22-11-13-23(14-12-22)19-9-5-6-10-19/h2-4,7-8,19-20,24H,5-6,9-17H2,1H3. The second kappa shape index (κ2) is 8.95. The highest BCUT2D eigenvalue weighted by Gasteiger charge is 2.26. The smallest absolute Gasteiger partial charge is 0.0793 e. The summed E-state index contributed by atoms with van der Waals surface area (Å²) in [6.07, 6.45) is 5.35. The van der Waals surface area contributed by atoms with Crippen molar-refractivity contribution >= 4 is 0 Å². The lowest BCUT2D eigenvalue weighted by Gasteiger charge is -2.39. The molecular formula is C20H33N3O. The summed E-state index contributed by atoms with van der Waals surface area (Å²) >= 11 is 0. The van der Waals surface area contributed by atoms with Gasteiger partial charge in [-0.3, -0.25) is 14.7 Å². The van der Waals surface area contributed by atoms with E-state index in [1.807, 2.05) is 6.07 Å². The first-order valence-electron chi connectivity index (χ1n) is 9.57. The fraction of sp³-hybridized carbons (Fsp3) is 0.700. The van der Waals surface area contributed by atoms with Gasteiger partial charge in [-0.25, -0.2) is 0 Å². The second-order valence-electron chi connectivity index (χ2n) is 7.61. The molecule has 1 aliphatic carbocycles. The number of β-amino-alcohol motifs (C(OH)–C–C–N with tert-alkyl or cyclic N) is 1. The first-order valence-corrected chi connectivity index (χ1v) is 9.57. The molecule has 1 saturated heterocycles. The van der Waals surface area contributed by atoms with Crippen LogP contribution in [0.25, 0.3) is 0 Å². The van der Waals surface area contributed by atoms with E-state index in [9.17, 15) is 5.11 Å². The highest BCUT2D eigenvalue weighted by Crippen LogP contribution is 2.24. The van der Waals surface area contributed by atoms with Crippen molar-refractivity contribution in [2.45, 2.75) is 44.4 Å². The Labute approximate surface area is 147 Å². The number of aliphatic hydroxyl groups excluding tert-OH is 1. The number of aliphatic hydroxyl groups is 1. The maximum Gasteiger partial charge on any atom is 0.0793 e. The van der Waals surface area contributed by atoms with Gasteiger partial charge in [0, 0.05) is 51.9 Å². The molecule has 0 aromatic heterocycles. The lowest BCUT2D eigenvalue weighted by atomic mass is 10.1. The molecule has 0 bridgehead atoms. The summed E-state index contributed by atoms with van der Waals surface area (Å²) < 4.78 is 0. The van der Waals surface area contributed by atoms with Gasteiger partial charge in [-0.1, -0.05) is 43.2 Å². The zero-order chi connectivity index (χ0) is 16.8. The molecule has 2 aliphatic rings. The molecule has 1 N–H and O–H groups in total. The third kappa shape index (κ3) is 5.28. The van der Waals surface area contributed by atoms with Crippen LogP contribution in [0, 0.1) is 0 Å². The van der Waals surface area contributed by atoms with Gasteiger partial charge in [0.1, 0.15) is 0 Å².